The number of thiophene rings is 1. The highest BCUT2D eigenvalue weighted by atomic mass is 32.1. The number of nitrogens with one attached hydrogen (secondary N) is 3. The summed E-state index contributed by atoms with van der Waals surface area (Å²) < 4.78 is 0. The number of fused-ring (bicyclic) bond motifs is 1. The summed E-state index contributed by atoms with van der Waals surface area (Å²) in [5.41, 5.74) is 3.72. The van der Waals surface area contributed by atoms with Crippen molar-refractivity contribution < 1.29 is 4.79 Å². The summed E-state index contributed by atoms with van der Waals surface area (Å²) in [7, 11) is 0. The molecule has 2 aromatic rings. The zero-order chi connectivity index (χ0) is 12.4. The van der Waals surface area contributed by atoms with Crippen LogP contribution in [0.15, 0.2) is 16.8 Å². The molecular weight excluding hydrogens is 248 g/mol. The number of aromatic amines is 1. The van der Waals surface area contributed by atoms with E-state index < -0.39 is 0 Å². The average molecular weight is 262 g/mol. The Bertz CT molecular complexity index is 546. The van der Waals surface area contributed by atoms with Crippen molar-refractivity contribution in [3.63, 3.8) is 0 Å². The van der Waals surface area contributed by atoms with Gasteiger partial charge in [0.05, 0.1) is 0 Å². The quantitative estimate of drug-likeness (QED) is 0.774. The lowest BCUT2D eigenvalue weighted by atomic mass is 10.1. The van der Waals surface area contributed by atoms with Crippen molar-refractivity contribution in [1.29, 1.82) is 0 Å². The molecule has 3 N–H and O–H groups in total. The molecule has 0 saturated carbocycles. The first-order chi connectivity index (χ1) is 8.84. The summed E-state index contributed by atoms with van der Waals surface area (Å²) in [6.07, 6.45) is 0.903. The number of amides is 1. The minimum Gasteiger partial charge on any atom is -0.347 e. The molecule has 0 aromatic carbocycles. The first-order valence-corrected chi connectivity index (χ1v) is 6.85. The fraction of sp³-hybridized carbons (Fsp3) is 0.333. The molecule has 0 unspecified atom stereocenters. The Morgan fingerprint density at radius 2 is 2.50 bits per heavy atom. The van der Waals surface area contributed by atoms with Crippen molar-refractivity contribution in [3.05, 3.63) is 39.3 Å². The monoisotopic (exact) mass is 262 g/mol. The lowest BCUT2D eigenvalue weighted by molar-refractivity contribution is 0.0944. The molecule has 94 valence electrons. The van der Waals surface area contributed by atoms with Gasteiger partial charge in [-0.3, -0.25) is 9.89 Å². The van der Waals surface area contributed by atoms with Crippen molar-refractivity contribution >= 4 is 17.2 Å². The highest BCUT2D eigenvalue weighted by molar-refractivity contribution is 7.07. The van der Waals surface area contributed by atoms with Gasteiger partial charge in [-0.2, -0.15) is 16.4 Å². The number of H-pyrrole nitrogens is 1. The largest absolute Gasteiger partial charge is 0.347 e. The molecule has 1 aliphatic heterocycles. The molecular formula is C12H14N4OS. The summed E-state index contributed by atoms with van der Waals surface area (Å²) in [6.45, 7) is 2.20. The predicted molar refractivity (Wildman–Crippen MR) is 69.5 cm³/mol. The van der Waals surface area contributed by atoms with Crippen LogP contribution < -0.4 is 10.6 Å². The molecule has 0 radical (unpaired) electrons. The molecule has 2 aromatic heterocycles. The third-order valence-corrected chi connectivity index (χ3v) is 3.79. The summed E-state index contributed by atoms with van der Waals surface area (Å²) in [4.78, 5) is 12.1. The van der Waals surface area contributed by atoms with Crippen LogP contribution >= 0.6 is 11.3 Å². The highest BCUT2D eigenvalue weighted by Crippen LogP contribution is 2.15. The SMILES string of the molecule is O=C(NCc1ccsc1)c1n[nH]c2c1CNCC2. The second-order valence-corrected chi connectivity index (χ2v) is 5.05. The van der Waals surface area contributed by atoms with Crippen LogP contribution in [0.2, 0.25) is 0 Å². The molecule has 0 aliphatic carbocycles. The molecule has 0 bridgehead atoms. The van der Waals surface area contributed by atoms with Crippen LogP contribution in [0.25, 0.3) is 0 Å². The van der Waals surface area contributed by atoms with Gasteiger partial charge in [-0.25, -0.2) is 0 Å². The van der Waals surface area contributed by atoms with Crippen LogP contribution in [0, 0.1) is 0 Å². The van der Waals surface area contributed by atoms with Crippen molar-refractivity contribution in [3.8, 4) is 0 Å². The zero-order valence-electron chi connectivity index (χ0n) is 9.82. The standard InChI is InChI=1S/C12H14N4OS/c17-12(14-5-8-2-4-18-7-8)11-9-6-13-3-1-10(9)15-16-11/h2,4,7,13H,1,3,5-6H2,(H,14,17)(H,15,16). The Morgan fingerprint density at radius 3 is 3.33 bits per heavy atom. The molecule has 3 rings (SSSR count). The van der Waals surface area contributed by atoms with Gasteiger partial charge < -0.3 is 10.6 Å². The fourth-order valence-corrected chi connectivity index (χ4v) is 2.74. The maximum absolute atomic E-state index is 12.1. The number of hydrogen-bond donors (Lipinski definition) is 3. The molecule has 18 heavy (non-hydrogen) atoms. The van der Waals surface area contributed by atoms with Gasteiger partial charge in [-0.1, -0.05) is 0 Å². The Labute approximate surface area is 109 Å². The molecule has 1 amide bonds. The Morgan fingerprint density at radius 1 is 1.56 bits per heavy atom. The van der Waals surface area contributed by atoms with Gasteiger partial charge in [0.25, 0.3) is 5.91 Å². The Hall–Kier alpha value is -1.66. The van der Waals surface area contributed by atoms with Crippen molar-refractivity contribution in [1.82, 2.24) is 20.8 Å². The maximum Gasteiger partial charge on any atom is 0.272 e. The second-order valence-electron chi connectivity index (χ2n) is 4.27. The van der Waals surface area contributed by atoms with E-state index in [4.69, 9.17) is 0 Å². The van der Waals surface area contributed by atoms with Crippen LogP contribution in [0.5, 0.6) is 0 Å². The van der Waals surface area contributed by atoms with E-state index in [0.29, 0.717) is 18.8 Å². The van der Waals surface area contributed by atoms with E-state index in [1.807, 2.05) is 16.8 Å². The minimum atomic E-state index is -0.109. The fourth-order valence-electron chi connectivity index (χ4n) is 2.07. The van der Waals surface area contributed by atoms with Gasteiger partial charge in [0, 0.05) is 37.3 Å². The third-order valence-electron chi connectivity index (χ3n) is 3.05. The van der Waals surface area contributed by atoms with Crippen LogP contribution in [0.3, 0.4) is 0 Å². The van der Waals surface area contributed by atoms with E-state index >= 15 is 0 Å². The molecule has 0 atom stereocenters. The number of aromatic nitrogens is 2. The lowest BCUT2D eigenvalue weighted by Gasteiger charge is -2.12. The van der Waals surface area contributed by atoms with Gasteiger partial charge >= 0.3 is 0 Å². The van der Waals surface area contributed by atoms with Crippen LogP contribution in [0.1, 0.15) is 27.3 Å². The Kier molecular flexibility index (Phi) is 3.12. The molecule has 6 heteroatoms. The second kappa shape index (κ2) is 4.91. The van der Waals surface area contributed by atoms with E-state index in [1.54, 1.807) is 11.3 Å². The first-order valence-electron chi connectivity index (χ1n) is 5.90. The summed E-state index contributed by atoms with van der Waals surface area (Å²) >= 11 is 1.63. The van der Waals surface area contributed by atoms with E-state index in [0.717, 1.165) is 29.8 Å². The van der Waals surface area contributed by atoms with Crippen molar-refractivity contribution in [2.45, 2.75) is 19.5 Å². The van der Waals surface area contributed by atoms with Gasteiger partial charge in [0.1, 0.15) is 0 Å². The highest BCUT2D eigenvalue weighted by Gasteiger charge is 2.21. The van der Waals surface area contributed by atoms with Gasteiger partial charge in [0.2, 0.25) is 0 Å². The van der Waals surface area contributed by atoms with Gasteiger partial charge in [-0.05, 0) is 22.4 Å². The normalized spacial score (nSPS) is 14.2. The van der Waals surface area contributed by atoms with Gasteiger partial charge in [0.15, 0.2) is 5.69 Å². The number of nitrogens with zero attached hydrogens (tertiary/aromatic N) is 1. The van der Waals surface area contributed by atoms with Crippen molar-refractivity contribution in [2.24, 2.45) is 0 Å². The smallest absolute Gasteiger partial charge is 0.272 e. The van der Waals surface area contributed by atoms with E-state index in [2.05, 4.69) is 20.8 Å². The molecule has 5 nitrogen and oxygen atoms in total. The predicted octanol–water partition coefficient (Wildman–Crippen LogP) is 1.05. The third kappa shape index (κ3) is 2.16. The minimum absolute atomic E-state index is 0.109. The van der Waals surface area contributed by atoms with Crippen molar-refractivity contribution in [2.75, 3.05) is 6.54 Å². The Balaban J connectivity index is 1.70. The van der Waals surface area contributed by atoms with E-state index in [9.17, 15) is 4.79 Å². The molecule has 0 saturated heterocycles. The molecule has 0 spiro atoms. The number of carbonyl (C=O) groups excluding carboxylic acids is 1. The summed E-state index contributed by atoms with van der Waals surface area (Å²) in [6, 6.07) is 2.01. The summed E-state index contributed by atoms with van der Waals surface area (Å²) in [5.74, 6) is -0.109. The van der Waals surface area contributed by atoms with E-state index in [1.165, 1.54) is 0 Å². The molecule has 1 aliphatic rings. The molecule has 0 fully saturated rings. The lowest BCUT2D eigenvalue weighted by Crippen LogP contribution is -2.28. The first kappa shape index (κ1) is 11.4. The number of carbonyl (C=O) groups is 1. The maximum atomic E-state index is 12.1. The van der Waals surface area contributed by atoms with E-state index in [-0.39, 0.29) is 5.91 Å². The zero-order valence-corrected chi connectivity index (χ0v) is 10.6. The summed E-state index contributed by atoms with van der Waals surface area (Å²) in [5, 5.41) is 17.3. The topological polar surface area (TPSA) is 69.8 Å². The van der Waals surface area contributed by atoms with Crippen LogP contribution in [0.4, 0.5) is 0 Å². The molecule has 3 heterocycles. The number of hydrogen-bond acceptors (Lipinski definition) is 4. The van der Waals surface area contributed by atoms with Gasteiger partial charge in [-0.15, -0.1) is 0 Å². The van der Waals surface area contributed by atoms with Crippen LogP contribution in [-0.2, 0) is 19.5 Å². The van der Waals surface area contributed by atoms with Crippen LogP contribution in [-0.4, -0.2) is 22.6 Å². The average Bonchev–Trinajstić information content (AvgIpc) is 3.05. The number of rotatable bonds is 3.